The Morgan fingerprint density at radius 2 is 1.67 bits per heavy atom. The van der Waals surface area contributed by atoms with E-state index in [0.717, 1.165) is 5.56 Å². The predicted molar refractivity (Wildman–Crippen MR) is 107 cm³/mol. The molecule has 0 saturated carbocycles. The fourth-order valence-electron chi connectivity index (χ4n) is 2.57. The highest BCUT2D eigenvalue weighted by molar-refractivity contribution is 5.72. The third kappa shape index (κ3) is 4.84. The van der Waals surface area contributed by atoms with Gasteiger partial charge in [-0.15, -0.1) is 0 Å². The first kappa shape index (κ1) is 20.2. The van der Waals surface area contributed by atoms with Gasteiger partial charge in [0.15, 0.2) is 0 Å². The van der Waals surface area contributed by atoms with E-state index in [4.69, 9.17) is 4.74 Å². The monoisotopic (exact) mass is 410 g/mol. The number of aromatic nitrogens is 2. The van der Waals surface area contributed by atoms with Crippen LogP contribution in [0.4, 0.5) is 11.4 Å². The zero-order valence-corrected chi connectivity index (χ0v) is 15.2. The van der Waals surface area contributed by atoms with Gasteiger partial charge in [-0.05, 0) is 41.5 Å². The van der Waals surface area contributed by atoms with Gasteiger partial charge < -0.3 is 9.72 Å². The Bertz CT molecular complexity index is 1240. The van der Waals surface area contributed by atoms with Gasteiger partial charge in [0.05, 0.1) is 9.85 Å². The lowest BCUT2D eigenvalue weighted by molar-refractivity contribution is -0.386. The van der Waals surface area contributed by atoms with Crippen molar-refractivity contribution in [3.05, 3.63) is 106 Å². The first-order chi connectivity index (χ1) is 14.3. The smallest absolute Gasteiger partial charge is 0.357 e. The van der Waals surface area contributed by atoms with Gasteiger partial charge in [-0.3, -0.25) is 30.0 Å². The Labute approximate surface area is 167 Å². The van der Waals surface area contributed by atoms with Crippen LogP contribution in [0.1, 0.15) is 16.8 Å². The number of non-ortho nitro benzene ring substituents is 1. The summed E-state index contributed by atoms with van der Waals surface area (Å²) in [6, 6.07) is 12.7. The maximum Gasteiger partial charge on any atom is 0.357 e. The Hall–Kier alpha value is -4.54. The molecule has 11 nitrogen and oxygen atoms in total. The number of nitro groups is 2. The molecule has 0 aliphatic heterocycles. The van der Waals surface area contributed by atoms with Crippen LogP contribution in [0.2, 0.25) is 0 Å². The third-order valence-corrected chi connectivity index (χ3v) is 3.98. The number of benzene rings is 2. The van der Waals surface area contributed by atoms with Crippen molar-refractivity contribution in [2.75, 3.05) is 0 Å². The second-order valence-electron chi connectivity index (χ2n) is 6.05. The van der Waals surface area contributed by atoms with Crippen LogP contribution in [-0.4, -0.2) is 19.8 Å². The van der Waals surface area contributed by atoms with Gasteiger partial charge in [0, 0.05) is 12.1 Å². The van der Waals surface area contributed by atoms with Gasteiger partial charge in [0.1, 0.15) is 18.1 Å². The number of rotatable bonds is 7. The van der Waals surface area contributed by atoms with Gasteiger partial charge in [0.25, 0.3) is 5.69 Å². The molecular formula is C19H14N4O7. The van der Waals surface area contributed by atoms with Crippen LogP contribution in [0.3, 0.4) is 0 Å². The molecule has 30 heavy (non-hydrogen) atoms. The van der Waals surface area contributed by atoms with Crippen molar-refractivity contribution in [2.45, 2.75) is 6.61 Å². The Morgan fingerprint density at radius 1 is 0.933 bits per heavy atom. The van der Waals surface area contributed by atoms with Gasteiger partial charge in [-0.1, -0.05) is 18.2 Å². The van der Waals surface area contributed by atoms with Crippen LogP contribution >= 0.6 is 0 Å². The summed E-state index contributed by atoms with van der Waals surface area (Å²) in [5.41, 5.74) is -1.63. The molecule has 1 aromatic heterocycles. The van der Waals surface area contributed by atoms with Gasteiger partial charge >= 0.3 is 16.9 Å². The normalized spacial score (nSPS) is 10.8. The molecule has 0 aliphatic carbocycles. The highest BCUT2D eigenvalue weighted by Gasteiger charge is 2.18. The van der Waals surface area contributed by atoms with Crippen molar-refractivity contribution < 1.29 is 14.6 Å². The minimum atomic E-state index is -1.09. The first-order valence-corrected chi connectivity index (χ1v) is 8.49. The topological polar surface area (TPSA) is 161 Å². The molecule has 0 aliphatic rings. The largest absolute Gasteiger partial charge is 0.489 e. The minimum absolute atomic E-state index is 0.0160. The van der Waals surface area contributed by atoms with E-state index in [1.165, 1.54) is 24.3 Å². The summed E-state index contributed by atoms with van der Waals surface area (Å²) in [7, 11) is 0. The molecule has 0 spiro atoms. The van der Waals surface area contributed by atoms with E-state index in [1.807, 2.05) is 4.98 Å². The molecule has 0 saturated heterocycles. The van der Waals surface area contributed by atoms with E-state index >= 15 is 0 Å². The number of H-pyrrole nitrogens is 2. The Kier molecular flexibility index (Phi) is 5.82. The van der Waals surface area contributed by atoms with Crippen LogP contribution in [0.5, 0.6) is 5.75 Å². The number of nitro benzene ring substituents is 1. The average Bonchev–Trinajstić information content (AvgIpc) is 2.70. The Morgan fingerprint density at radius 3 is 2.33 bits per heavy atom. The number of hydrogen-bond donors (Lipinski definition) is 2. The van der Waals surface area contributed by atoms with Gasteiger partial charge in [0.2, 0.25) is 0 Å². The fraction of sp³-hybridized carbons (Fsp3) is 0.0526. The van der Waals surface area contributed by atoms with E-state index in [2.05, 4.69) is 4.98 Å². The molecule has 2 aromatic carbocycles. The third-order valence-electron chi connectivity index (χ3n) is 3.98. The lowest BCUT2D eigenvalue weighted by atomic mass is 10.2. The molecule has 0 unspecified atom stereocenters. The van der Waals surface area contributed by atoms with Crippen LogP contribution in [0.15, 0.2) is 58.1 Å². The molecule has 152 valence electrons. The average molecular weight is 410 g/mol. The van der Waals surface area contributed by atoms with E-state index in [-0.39, 0.29) is 18.0 Å². The van der Waals surface area contributed by atoms with E-state index in [9.17, 15) is 29.8 Å². The highest BCUT2D eigenvalue weighted by atomic mass is 16.6. The second kappa shape index (κ2) is 8.65. The minimum Gasteiger partial charge on any atom is -0.489 e. The highest BCUT2D eigenvalue weighted by Crippen LogP contribution is 2.19. The molecule has 1 heterocycles. The summed E-state index contributed by atoms with van der Waals surface area (Å²) in [4.78, 5) is 47.5. The summed E-state index contributed by atoms with van der Waals surface area (Å²) in [6.45, 7) is 0.179. The summed E-state index contributed by atoms with van der Waals surface area (Å²) < 4.78 is 5.66. The van der Waals surface area contributed by atoms with Crippen LogP contribution in [0.25, 0.3) is 12.2 Å². The van der Waals surface area contributed by atoms with E-state index < -0.39 is 26.8 Å². The first-order valence-electron chi connectivity index (χ1n) is 8.49. The van der Waals surface area contributed by atoms with Crippen LogP contribution in [-0.2, 0) is 6.61 Å². The molecule has 0 radical (unpaired) electrons. The quantitative estimate of drug-likeness (QED) is 0.447. The predicted octanol–water partition coefficient (Wildman–Crippen LogP) is 2.63. The molecule has 0 fully saturated rings. The number of hydrogen-bond acceptors (Lipinski definition) is 7. The maximum absolute atomic E-state index is 11.6. The summed E-state index contributed by atoms with van der Waals surface area (Å²) >= 11 is 0. The molecule has 0 atom stereocenters. The molecule has 11 heteroatoms. The number of ether oxygens (including phenoxy) is 1. The van der Waals surface area contributed by atoms with Crippen LogP contribution in [0, 0.1) is 20.2 Å². The zero-order chi connectivity index (χ0) is 21.7. The number of aromatic amines is 2. The second-order valence-corrected chi connectivity index (χ2v) is 6.05. The summed E-state index contributed by atoms with van der Waals surface area (Å²) in [6.07, 6.45) is 2.74. The number of nitrogens with one attached hydrogen (secondary N) is 2. The van der Waals surface area contributed by atoms with E-state index in [1.54, 1.807) is 36.4 Å². The number of nitrogens with zero attached hydrogens (tertiary/aromatic N) is 2. The maximum atomic E-state index is 11.6. The van der Waals surface area contributed by atoms with Gasteiger partial charge in [-0.2, -0.15) is 0 Å². The standard InChI is InChI=1S/C19H14N4O7/c24-18-17(23(28)29)16(20-19(25)21-18)9-6-12-2-1-3-15(10-12)30-11-13-4-7-14(8-5-13)22(26)27/h1-10H,11H2,(H2,20,21,24,25)/b9-6-. The molecule has 3 rings (SSSR count). The van der Waals surface area contributed by atoms with E-state index in [0.29, 0.717) is 11.3 Å². The van der Waals surface area contributed by atoms with Crippen molar-refractivity contribution >= 4 is 23.5 Å². The lowest BCUT2D eigenvalue weighted by Gasteiger charge is -2.07. The van der Waals surface area contributed by atoms with Gasteiger partial charge in [-0.25, -0.2) is 4.79 Å². The molecular weight excluding hydrogens is 396 g/mol. The zero-order valence-electron chi connectivity index (χ0n) is 15.2. The Balaban J connectivity index is 1.76. The van der Waals surface area contributed by atoms with Crippen molar-refractivity contribution in [1.29, 1.82) is 0 Å². The molecule has 3 aromatic rings. The van der Waals surface area contributed by atoms with Crippen molar-refractivity contribution in [2.24, 2.45) is 0 Å². The SMILES string of the molecule is O=c1[nH]c(/C=C\c2cccc(OCc3ccc([N+](=O)[O-])cc3)c2)c([N+](=O)[O-])c(=O)[nH]1. The van der Waals surface area contributed by atoms with Crippen molar-refractivity contribution in [1.82, 2.24) is 9.97 Å². The summed E-state index contributed by atoms with van der Waals surface area (Å²) in [5.74, 6) is 0.490. The van der Waals surface area contributed by atoms with Crippen molar-refractivity contribution in [3.8, 4) is 5.75 Å². The fourth-order valence-corrected chi connectivity index (χ4v) is 2.57. The molecule has 0 bridgehead atoms. The molecule has 2 N–H and O–H groups in total. The summed E-state index contributed by atoms with van der Waals surface area (Å²) in [5, 5.41) is 21.8. The molecule has 0 amide bonds. The van der Waals surface area contributed by atoms with Crippen LogP contribution < -0.4 is 16.0 Å². The lowest BCUT2D eigenvalue weighted by Crippen LogP contribution is -2.25. The van der Waals surface area contributed by atoms with Crippen molar-refractivity contribution in [3.63, 3.8) is 0 Å².